The predicted molar refractivity (Wildman–Crippen MR) is 97.7 cm³/mol. The van der Waals surface area contributed by atoms with Crippen LogP contribution in [0.5, 0.6) is 5.75 Å². The fourth-order valence-electron chi connectivity index (χ4n) is 3.07. The second kappa shape index (κ2) is 6.57. The van der Waals surface area contributed by atoms with Gasteiger partial charge in [0.2, 0.25) is 5.55 Å². The van der Waals surface area contributed by atoms with E-state index in [0.717, 1.165) is 27.8 Å². The van der Waals surface area contributed by atoms with Crippen molar-refractivity contribution < 1.29 is 14.3 Å². The lowest BCUT2D eigenvalue weighted by Gasteiger charge is -2.33. The molecule has 2 aromatic carbocycles. The topological polar surface area (TPSA) is 84.2 Å². The zero-order chi connectivity index (χ0) is 18.1. The molecule has 0 aliphatic carbocycles. The molecule has 0 bridgehead atoms. The molecule has 1 aliphatic rings. The summed E-state index contributed by atoms with van der Waals surface area (Å²) >= 11 is 0. The van der Waals surface area contributed by atoms with Gasteiger partial charge in [0.15, 0.2) is 6.17 Å². The van der Waals surface area contributed by atoms with Crippen LogP contribution in [0.3, 0.4) is 0 Å². The molecule has 6 nitrogen and oxygen atoms in total. The molecule has 0 saturated carbocycles. The number of fused-ring (bicyclic) bond motifs is 1. The van der Waals surface area contributed by atoms with Crippen molar-refractivity contribution in [1.82, 2.24) is 0 Å². The molecule has 26 heavy (non-hydrogen) atoms. The van der Waals surface area contributed by atoms with Crippen molar-refractivity contribution in [3.63, 3.8) is 0 Å². The summed E-state index contributed by atoms with van der Waals surface area (Å²) in [6.07, 6.45) is 1.23. The highest BCUT2D eigenvalue weighted by atomic mass is 16.5. The molecule has 0 radical (unpaired) electrons. The van der Waals surface area contributed by atoms with Crippen LogP contribution in [0.2, 0.25) is 0 Å². The zero-order valence-electron chi connectivity index (χ0n) is 14.3. The fraction of sp³-hybridized carbons (Fsp3) is 0.150. The minimum atomic E-state index is -0.362. The monoisotopic (exact) mass is 349 g/mol. The summed E-state index contributed by atoms with van der Waals surface area (Å²) in [6.45, 7) is -0.00234. The molecule has 0 saturated heterocycles. The van der Waals surface area contributed by atoms with Gasteiger partial charge < -0.3 is 24.9 Å². The first-order chi connectivity index (χ1) is 12.7. The molecule has 1 unspecified atom stereocenters. The van der Waals surface area contributed by atoms with E-state index in [0.29, 0.717) is 11.4 Å². The molecule has 3 N–H and O–H groups in total. The van der Waals surface area contributed by atoms with Gasteiger partial charge in [-0.2, -0.15) is 0 Å². The Balaban J connectivity index is 1.85. The minimum Gasteiger partial charge on any atom is -0.497 e. The number of furan rings is 1. The average Bonchev–Trinajstić information content (AvgIpc) is 3.17. The van der Waals surface area contributed by atoms with E-state index in [1.807, 2.05) is 59.5 Å². The van der Waals surface area contributed by atoms with E-state index in [2.05, 4.69) is 0 Å². The van der Waals surface area contributed by atoms with Gasteiger partial charge in [0, 0.05) is 5.69 Å². The van der Waals surface area contributed by atoms with Gasteiger partial charge in [0.05, 0.1) is 25.2 Å². The maximum atomic E-state index is 9.29. The Morgan fingerprint density at radius 2 is 1.85 bits per heavy atom. The van der Waals surface area contributed by atoms with Gasteiger partial charge >= 0.3 is 0 Å². The zero-order valence-corrected chi connectivity index (χ0v) is 14.3. The third kappa shape index (κ3) is 2.70. The lowest BCUT2D eigenvalue weighted by molar-refractivity contribution is 0.282. The van der Waals surface area contributed by atoms with Crippen LogP contribution < -0.4 is 26.1 Å². The van der Waals surface area contributed by atoms with Crippen LogP contribution in [-0.4, -0.2) is 12.2 Å². The number of aliphatic hydroxyl groups is 1. The number of nitrogens with two attached hydrogens (primary N) is 1. The van der Waals surface area contributed by atoms with Crippen LogP contribution in [0.25, 0.3) is 5.82 Å². The number of aliphatic hydroxyl groups excluding tert-OH is 1. The van der Waals surface area contributed by atoms with Crippen LogP contribution in [0.4, 0.5) is 5.69 Å². The minimum absolute atomic E-state index is 0.00234. The Labute approximate surface area is 150 Å². The average molecular weight is 349 g/mol. The van der Waals surface area contributed by atoms with Crippen molar-refractivity contribution >= 4 is 11.5 Å². The third-order valence-electron chi connectivity index (χ3n) is 4.48. The lowest BCUT2D eigenvalue weighted by Crippen LogP contribution is -2.43. The number of hydrogen-bond acceptors (Lipinski definition) is 6. The molecular weight excluding hydrogens is 330 g/mol. The number of rotatable bonds is 4. The van der Waals surface area contributed by atoms with Crippen LogP contribution in [0.1, 0.15) is 17.3 Å². The summed E-state index contributed by atoms with van der Waals surface area (Å²) in [4.78, 5) is 6.71. The first-order valence-corrected chi connectivity index (χ1v) is 8.25. The lowest BCUT2D eigenvalue weighted by atomic mass is 10.1. The Morgan fingerprint density at radius 1 is 1.12 bits per heavy atom. The number of benzene rings is 2. The third-order valence-corrected chi connectivity index (χ3v) is 4.48. The first kappa shape index (κ1) is 16.2. The van der Waals surface area contributed by atoms with Crippen LogP contribution in [0, 0.1) is 0 Å². The normalized spacial score (nSPS) is 16.2. The Kier molecular flexibility index (Phi) is 4.10. The summed E-state index contributed by atoms with van der Waals surface area (Å²) in [5.74, 6) is 1.35. The number of ether oxygens (including phenoxy) is 1. The quantitative estimate of drug-likeness (QED) is 0.748. The van der Waals surface area contributed by atoms with Crippen molar-refractivity contribution in [2.45, 2.75) is 12.8 Å². The van der Waals surface area contributed by atoms with E-state index in [1.54, 1.807) is 13.4 Å². The molecule has 6 heteroatoms. The molecule has 0 amide bonds. The number of nitrogens with zero attached hydrogens (tertiary/aromatic N) is 2. The molecule has 4 rings (SSSR count). The molecule has 1 aliphatic heterocycles. The number of methoxy groups -OCH3 is 1. The molecule has 0 fully saturated rings. The largest absolute Gasteiger partial charge is 0.497 e. The van der Waals surface area contributed by atoms with Crippen molar-refractivity contribution in [2.24, 2.45) is 10.7 Å². The highest BCUT2D eigenvalue weighted by Crippen LogP contribution is 2.32. The van der Waals surface area contributed by atoms with Gasteiger partial charge in [-0.25, -0.2) is 4.99 Å². The van der Waals surface area contributed by atoms with Gasteiger partial charge in [-0.1, -0.05) is 24.3 Å². The van der Waals surface area contributed by atoms with E-state index < -0.39 is 0 Å². The Morgan fingerprint density at radius 3 is 2.50 bits per heavy atom. The molecule has 132 valence electrons. The Bertz CT molecular complexity index is 1020. The highest BCUT2D eigenvalue weighted by Gasteiger charge is 2.27. The van der Waals surface area contributed by atoms with Crippen molar-refractivity contribution in [1.29, 1.82) is 0 Å². The van der Waals surface area contributed by atoms with E-state index in [1.165, 1.54) is 0 Å². The summed E-state index contributed by atoms with van der Waals surface area (Å²) < 4.78 is 10.7. The van der Waals surface area contributed by atoms with Crippen molar-refractivity contribution in [3.8, 4) is 5.75 Å². The summed E-state index contributed by atoms with van der Waals surface area (Å²) in [6, 6.07) is 17.1. The molecule has 0 spiro atoms. The standard InChI is InChI=1S/C20H19N3O3/c1-25-16-8-4-14(5-9-16)19-22-20-17(10-11-26-20)18(21)23(19)15-6-2-13(12-24)3-7-15/h2-11,19,24H,12,21H2,1H3. The molecule has 1 aromatic heterocycles. The second-order valence-electron chi connectivity index (χ2n) is 6.00. The molecule has 3 aromatic rings. The van der Waals surface area contributed by atoms with Crippen molar-refractivity contribution in [3.05, 3.63) is 82.8 Å². The van der Waals surface area contributed by atoms with E-state index in [9.17, 15) is 5.11 Å². The van der Waals surface area contributed by atoms with E-state index >= 15 is 0 Å². The number of anilines is 1. The number of hydrogen-bond donors (Lipinski definition) is 2. The first-order valence-electron chi connectivity index (χ1n) is 8.25. The maximum Gasteiger partial charge on any atom is 0.227 e. The summed E-state index contributed by atoms with van der Waals surface area (Å²) in [5.41, 5.74) is 9.67. The van der Waals surface area contributed by atoms with E-state index in [4.69, 9.17) is 19.9 Å². The van der Waals surface area contributed by atoms with Crippen molar-refractivity contribution in [2.75, 3.05) is 12.0 Å². The Hall–Kier alpha value is -3.25. The van der Waals surface area contributed by atoms with Gasteiger partial charge in [0.25, 0.3) is 0 Å². The smallest absolute Gasteiger partial charge is 0.227 e. The highest BCUT2D eigenvalue weighted by molar-refractivity contribution is 5.68. The molecule has 1 atom stereocenters. The molecular formula is C20H19N3O3. The fourth-order valence-corrected chi connectivity index (χ4v) is 3.07. The second-order valence-corrected chi connectivity index (χ2v) is 6.00. The van der Waals surface area contributed by atoms with Crippen LogP contribution in [0.15, 0.2) is 70.3 Å². The van der Waals surface area contributed by atoms with Gasteiger partial charge in [-0.3, -0.25) is 0 Å². The summed E-state index contributed by atoms with van der Waals surface area (Å²) in [5, 5.41) is 10.1. The van der Waals surface area contributed by atoms with Gasteiger partial charge in [-0.05, 0) is 41.5 Å². The van der Waals surface area contributed by atoms with Gasteiger partial charge in [-0.15, -0.1) is 0 Å². The maximum absolute atomic E-state index is 9.29. The van der Waals surface area contributed by atoms with Crippen LogP contribution in [-0.2, 0) is 6.61 Å². The predicted octanol–water partition coefficient (Wildman–Crippen LogP) is 1.64. The van der Waals surface area contributed by atoms with E-state index in [-0.39, 0.29) is 12.8 Å². The van der Waals surface area contributed by atoms with Crippen LogP contribution >= 0.6 is 0 Å². The molecule has 2 heterocycles. The summed E-state index contributed by atoms with van der Waals surface area (Å²) in [7, 11) is 1.63. The SMILES string of the molecule is COc1ccc(C2N=c3occc3=C(N)N2c2ccc(CO)cc2)cc1. The van der Waals surface area contributed by atoms with Gasteiger partial charge in [0.1, 0.15) is 11.6 Å².